The number of aliphatic hydroxyl groups excluding tert-OH is 5. The normalized spacial score (nSPS) is 21.3. The zero-order chi connectivity index (χ0) is 41.9. The smallest absolute Gasteiger partial charge is 0.255 e. The van der Waals surface area contributed by atoms with Crippen molar-refractivity contribution < 1.29 is 49.4 Å². The van der Waals surface area contributed by atoms with Gasteiger partial charge in [-0.1, -0.05) is 37.3 Å². The second-order valence-corrected chi connectivity index (χ2v) is 16.0. The first-order valence-electron chi connectivity index (χ1n) is 20.6. The number of hydrogen-bond donors (Lipinski definition) is 8. The Labute approximate surface area is 343 Å². The Morgan fingerprint density at radius 1 is 0.895 bits per heavy atom. The minimum Gasteiger partial charge on any atom is -0.496 e. The molecule has 0 saturated carbocycles. The van der Waals surface area contributed by atoms with E-state index in [-0.39, 0.29) is 48.9 Å². The maximum absolute atomic E-state index is 13.1. The number of likely N-dealkylation sites (N-methyl/N-ethyl adjacent to an activating group) is 1. The molecule has 2 aliphatic rings. The number of likely N-dealkylation sites (tertiary alicyclic amines) is 2. The van der Waals surface area contributed by atoms with Crippen LogP contribution in [0.1, 0.15) is 93.8 Å². The van der Waals surface area contributed by atoms with Crippen molar-refractivity contribution in [3.05, 3.63) is 22.7 Å². The molecule has 7 atom stereocenters. The van der Waals surface area contributed by atoms with E-state index < -0.39 is 31.0 Å². The number of unbranched alkanes of at least 4 members (excludes halogenated alkanes) is 6. The first-order chi connectivity index (χ1) is 27.3. The second-order valence-electron chi connectivity index (χ2n) is 15.5. The molecule has 0 unspecified atom stereocenters. The van der Waals surface area contributed by atoms with Gasteiger partial charge in [-0.2, -0.15) is 0 Å². The van der Waals surface area contributed by atoms with Crippen molar-refractivity contribution in [3.8, 4) is 5.75 Å². The van der Waals surface area contributed by atoms with Gasteiger partial charge < -0.3 is 66.1 Å². The SMILES string of the molecule is COc1cc(N)c(Cl)cc1C(=O)N[C@@H]1CCN(CCCCCC(=O)N(C)[C@@H]2CCCN(CCCCCCCC(=O)NC[C@H](O)[C@@H](O)[C@H](O)[C@H](O)CO)C2)C[C@@H]1OC. The first kappa shape index (κ1) is 48.6. The average molecular weight is 829 g/mol. The predicted molar refractivity (Wildman–Crippen MR) is 218 cm³/mol. The summed E-state index contributed by atoms with van der Waals surface area (Å²) in [4.78, 5) is 45.1. The van der Waals surface area contributed by atoms with Crippen LogP contribution in [0.5, 0.6) is 5.75 Å². The zero-order valence-electron chi connectivity index (χ0n) is 34.1. The van der Waals surface area contributed by atoms with Gasteiger partial charge in [-0.15, -0.1) is 0 Å². The van der Waals surface area contributed by atoms with Crippen molar-refractivity contribution in [2.45, 2.75) is 126 Å². The van der Waals surface area contributed by atoms with Gasteiger partial charge in [-0.05, 0) is 70.6 Å². The number of nitrogen functional groups attached to an aromatic ring is 1. The van der Waals surface area contributed by atoms with Crippen LogP contribution < -0.4 is 21.1 Å². The van der Waals surface area contributed by atoms with Crippen LogP contribution >= 0.6 is 11.6 Å². The van der Waals surface area contributed by atoms with E-state index in [1.54, 1.807) is 13.2 Å². The van der Waals surface area contributed by atoms with Gasteiger partial charge in [0.2, 0.25) is 11.8 Å². The molecule has 57 heavy (non-hydrogen) atoms. The molecule has 16 nitrogen and oxygen atoms in total. The topological polar surface area (TPSA) is 231 Å². The maximum atomic E-state index is 13.1. The standard InChI is InChI=1S/C40H69ClN6O10/c1-45(27-13-12-19-46(24-27)17-10-6-4-5-8-14-36(51)43-23-32(49)38(53)39(54)33(50)26-48)37(52)15-9-7-11-18-47-20-16-31(35(25-47)57-3)44-40(55)28-21-29(41)30(42)22-34(28)56-2/h21-22,27,31-33,35,38-39,48-50,53-54H,4-20,23-26,42H2,1-3H3,(H,43,51)(H,44,55)/t27-,31-,32+,33-,35+,38-,39-/m1/s1. The fraction of sp³-hybridized carbons (Fsp3) is 0.775. The van der Waals surface area contributed by atoms with Crippen LogP contribution in [0.25, 0.3) is 0 Å². The van der Waals surface area contributed by atoms with Crippen LogP contribution in [0, 0.1) is 0 Å². The Balaban J connectivity index is 1.24. The summed E-state index contributed by atoms with van der Waals surface area (Å²) in [5.74, 6) is 0.0156. The molecule has 326 valence electrons. The lowest BCUT2D eigenvalue weighted by molar-refractivity contribution is -0.133. The minimum absolute atomic E-state index is 0.154. The molecule has 1 aromatic rings. The summed E-state index contributed by atoms with van der Waals surface area (Å²) in [6.07, 6.45) is 4.49. The Morgan fingerprint density at radius 2 is 1.53 bits per heavy atom. The van der Waals surface area contributed by atoms with Crippen molar-refractivity contribution in [1.29, 1.82) is 0 Å². The molecule has 2 aliphatic heterocycles. The molecule has 1 aromatic carbocycles. The molecule has 0 aromatic heterocycles. The minimum atomic E-state index is -1.72. The van der Waals surface area contributed by atoms with E-state index >= 15 is 0 Å². The largest absolute Gasteiger partial charge is 0.496 e. The summed E-state index contributed by atoms with van der Waals surface area (Å²) in [5, 5.41) is 53.6. The lowest BCUT2D eigenvalue weighted by atomic mass is 10.00. The Bertz CT molecular complexity index is 1380. The van der Waals surface area contributed by atoms with E-state index in [4.69, 9.17) is 31.9 Å². The Morgan fingerprint density at radius 3 is 2.21 bits per heavy atom. The maximum Gasteiger partial charge on any atom is 0.255 e. The number of nitrogens with two attached hydrogens (primary N) is 1. The highest BCUT2D eigenvalue weighted by atomic mass is 35.5. The fourth-order valence-electron chi connectivity index (χ4n) is 7.61. The van der Waals surface area contributed by atoms with E-state index in [0.717, 1.165) is 96.9 Å². The Kier molecular flexibility index (Phi) is 21.8. The van der Waals surface area contributed by atoms with E-state index in [1.807, 2.05) is 11.9 Å². The number of piperidine rings is 2. The molecule has 0 bridgehead atoms. The molecule has 9 N–H and O–H groups in total. The van der Waals surface area contributed by atoms with Crippen molar-refractivity contribution in [1.82, 2.24) is 25.3 Å². The van der Waals surface area contributed by atoms with Crippen LogP contribution in [0.15, 0.2) is 12.1 Å². The average Bonchev–Trinajstić information content (AvgIpc) is 3.22. The van der Waals surface area contributed by atoms with Crippen LogP contribution in [-0.2, 0) is 14.3 Å². The lowest BCUT2D eigenvalue weighted by Crippen LogP contribution is -2.54. The third kappa shape index (κ3) is 16.1. The number of methoxy groups -OCH3 is 2. The van der Waals surface area contributed by atoms with Crippen molar-refractivity contribution >= 4 is 35.0 Å². The van der Waals surface area contributed by atoms with Crippen molar-refractivity contribution in [2.75, 3.05) is 79.4 Å². The molecule has 0 aliphatic carbocycles. The van der Waals surface area contributed by atoms with Gasteiger partial charge in [0, 0.05) is 65.3 Å². The van der Waals surface area contributed by atoms with Crippen LogP contribution in [0.4, 0.5) is 5.69 Å². The van der Waals surface area contributed by atoms with Crippen LogP contribution in [0.2, 0.25) is 5.02 Å². The number of carbonyl (C=O) groups is 3. The van der Waals surface area contributed by atoms with E-state index in [0.29, 0.717) is 41.4 Å². The summed E-state index contributed by atoms with van der Waals surface area (Å²) >= 11 is 6.17. The third-order valence-corrected chi connectivity index (χ3v) is 11.7. The van der Waals surface area contributed by atoms with Crippen molar-refractivity contribution in [3.63, 3.8) is 0 Å². The number of amides is 3. The van der Waals surface area contributed by atoms with Gasteiger partial charge in [-0.3, -0.25) is 14.4 Å². The number of benzene rings is 1. The number of aliphatic hydroxyl groups is 5. The van der Waals surface area contributed by atoms with Gasteiger partial charge in [-0.25, -0.2) is 0 Å². The third-order valence-electron chi connectivity index (χ3n) is 11.3. The molecular weight excluding hydrogens is 760 g/mol. The number of hydrogen-bond acceptors (Lipinski definition) is 13. The van der Waals surface area contributed by atoms with Gasteiger partial charge in [0.05, 0.1) is 48.2 Å². The zero-order valence-corrected chi connectivity index (χ0v) is 34.9. The second kappa shape index (κ2) is 25.6. The highest BCUT2D eigenvalue weighted by Crippen LogP contribution is 2.29. The number of carbonyl (C=O) groups excluding carboxylic acids is 3. The van der Waals surface area contributed by atoms with Gasteiger partial charge in [0.25, 0.3) is 5.91 Å². The van der Waals surface area contributed by atoms with Gasteiger partial charge in [0.15, 0.2) is 0 Å². The number of anilines is 1. The molecule has 3 rings (SSSR count). The number of ether oxygens (including phenoxy) is 2. The fourth-order valence-corrected chi connectivity index (χ4v) is 7.77. The number of nitrogens with one attached hydrogen (secondary N) is 2. The highest BCUT2D eigenvalue weighted by molar-refractivity contribution is 6.33. The molecule has 17 heteroatoms. The van der Waals surface area contributed by atoms with E-state index in [9.17, 15) is 34.8 Å². The summed E-state index contributed by atoms with van der Waals surface area (Å²) in [5.41, 5.74) is 6.55. The van der Waals surface area contributed by atoms with Gasteiger partial charge in [0.1, 0.15) is 24.1 Å². The lowest BCUT2D eigenvalue weighted by Gasteiger charge is -2.38. The molecular formula is C40H69ClN6O10. The monoisotopic (exact) mass is 828 g/mol. The quantitative estimate of drug-likeness (QED) is 0.0511. The summed E-state index contributed by atoms with van der Waals surface area (Å²) in [7, 11) is 5.09. The first-order valence-corrected chi connectivity index (χ1v) is 20.9. The molecule has 2 heterocycles. The molecule has 0 spiro atoms. The molecule has 2 saturated heterocycles. The van der Waals surface area contributed by atoms with Crippen LogP contribution in [0.3, 0.4) is 0 Å². The number of halogens is 1. The number of rotatable bonds is 25. The Hall–Kier alpha value is -2.80. The molecule has 2 fully saturated rings. The van der Waals surface area contributed by atoms with E-state index in [2.05, 4.69) is 20.4 Å². The number of nitrogens with zero attached hydrogens (tertiary/aromatic N) is 3. The molecule has 0 radical (unpaired) electrons. The van der Waals surface area contributed by atoms with E-state index in [1.165, 1.54) is 13.2 Å². The van der Waals surface area contributed by atoms with Crippen LogP contribution in [-0.4, -0.2) is 174 Å². The summed E-state index contributed by atoms with van der Waals surface area (Å²) < 4.78 is 11.1. The highest BCUT2D eigenvalue weighted by Gasteiger charge is 2.32. The van der Waals surface area contributed by atoms with Crippen molar-refractivity contribution in [2.24, 2.45) is 0 Å². The predicted octanol–water partition coefficient (Wildman–Crippen LogP) is 1.13. The van der Waals surface area contributed by atoms with Gasteiger partial charge >= 0.3 is 0 Å². The summed E-state index contributed by atoms with van der Waals surface area (Å²) in [6.45, 7) is 4.32. The molecule has 3 amide bonds. The summed E-state index contributed by atoms with van der Waals surface area (Å²) in [6, 6.07) is 3.14.